The number of likely N-dealkylation sites (N-methyl/N-ethyl adjacent to an activating group) is 1. The summed E-state index contributed by atoms with van der Waals surface area (Å²) in [5.74, 6) is 0.00779. The quantitative estimate of drug-likeness (QED) is 0.883. The van der Waals surface area contributed by atoms with Crippen LogP contribution in [0.15, 0.2) is 24.5 Å². The number of pyridine rings is 1. The molecule has 3 heterocycles. The Labute approximate surface area is 135 Å². The number of hydrogen-bond acceptors (Lipinski definition) is 4. The predicted molar refractivity (Wildman–Crippen MR) is 83.6 cm³/mol. The molecule has 7 heteroatoms. The Morgan fingerprint density at radius 3 is 2.83 bits per heavy atom. The standard InChI is InChI=1S/C16H22N4O3/c1-19-10-14(18-16(19)22)15(21)20-7-4-13(5-8-20)23-11-12-3-2-6-17-9-12/h2-3,6,9,13-14H,4-5,7-8,10-11H2,1H3,(H,18,22)/t14-/m0/s1. The zero-order valence-electron chi connectivity index (χ0n) is 13.3. The molecule has 0 aliphatic carbocycles. The molecule has 0 bridgehead atoms. The van der Waals surface area contributed by atoms with Crippen molar-refractivity contribution in [1.29, 1.82) is 0 Å². The Morgan fingerprint density at radius 2 is 2.22 bits per heavy atom. The summed E-state index contributed by atoms with van der Waals surface area (Å²) in [4.78, 5) is 31.3. The van der Waals surface area contributed by atoms with Gasteiger partial charge in [-0.3, -0.25) is 9.78 Å². The highest BCUT2D eigenvalue weighted by Gasteiger charge is 2.35. The first-order valence-corrected chi connectivity index (χ1v) is 7.94. The van der Waals surface area contributed by atoms with Crippen molar-refractivity contribution in [1.82, 2.24) is 20.1 Å². The molecular formula is C16H22N4O3. The molecule has 3 rings (SSSR count). The molecule has 1 N–H and O–H groups in total. The maximum absolute atomic E-state index is 12.4. The average molecular weight is 318 g/mol. The lowest BCUT2D eigenvalue weighted by molar-refractivity contribution is -0.135. The molecular weight excluding hydrogens is 296 g/mol. The molecule has 0 radical (unpaired) electrons. The minimum absolute atomic E-state index is 0.00779. The smallest absolute Gasteiger partial charge is 0.317 e. The van der Waals surface area contributed by atoms with Gasteiger partial charge in [0.15, 0.2) is 0 Å². The number of carbonyl (C=O) groups excluding carboxylic acids is 2. The Balaban J connectivity index is 1.43. The second kappa shape index (κ2) is 6.95. The summed E-state index contributed by atoms with van der Waals surface area (Å²) in [6, 6.07) is 3.29. The SMILES string of the molecule is CN1C[C@@H](C(=O)N2CCC(OCc3cccnc3)CC2)NC1=O. The van der Waals surface area contributed by atoms with Crippen molar-refractivity contribution in [3.63, 3.8) is 0 Å². The van der Waals surface area contributed by atoms with Crippen LogP contribution in [0.1, 0.15) is 18.4 Å². The van der Waals surface area contributed by atoms with Gasteiger partial charge in [0.1, 0.15) is 6.04 Å². The summed E-state index contributed by atoms with van der Waals surface area (Å²) in [7, 11) is 1.70. The van der Waals surface area contributed by atoms with Crippen LogP contribution < -0.4 is 5.32 Å². The topological polar surface area (TPSA) is 74.8 Å². The van der Waals surface area contributed by atoms with Crippen LogP contribution in [0.3, 0.4) is 0 Å². The van der Waals surface area contributed by atoms with Gasteiger partial charge in [0.05, 0.1) is 19.3 Å². The number of ether oxygens (including phenoxy) is 1. The van der Waals surface area contributed by atoms with E-state index in [9.17, 15) is 9.59 Å². The molecule has 1 aromatic rings. The number of aromatic nitrogens is 1. The van der Waals surface area contributed by atoms with E-state index in [0.29, 0.717) is 26.2 Å². The van der Waals surface area contributed by atoms with E-state index in [4.69, 9.17) is 4.74 Å². The van der Waals surface area contributed by atoms with E-state index in [1.165, 1.54) is 4.90 Å². The summed E-state index contributed by atoms with van der Waals surface area (Å²) in [6.07, 6.45) is 5.36. The van der Waals surface area contributed by atoms with Crippen molar-refractivity contribution < 1.29 is 14.3 Å². The second-order valence-electron chi connectivity index (χ2n) is 6.08. The molecule has 124 valence electrons. The highest BCUT2D eigenvalue weighted by Crippen LogP contribution is 2.17. The van der Waals surface area contributed by atoms with Gasteiger partial charge in [-0.2, -0.15) is 0 Å². The van der Waals surface area contributed by atoms with Crippen molar-refractivity contribution in [3.05, 3.63) is 30.1 Å². The normalized spacial score (nSPS) is 22.3. The molecule has 2 aliphatic heterocycles. The lowest BCUT2D eigenvalue weighted by atomic mass is 10.1. The molecule has 2 saturated heterocycles. The summed E-state index contributed by atoms with van der Waals surface area (Å²) in [5.41, 5.74) is 1.06. The lowest BCUT2D eigenvalue weighted by Crippen LogP contribution is -2.49. The van der Waals surface area contributed by atoms with Gasteiger partial charge < -0.3 is 19.9 Å². The van der Waals surface area contributed by atoms with Crippen LogP contribution in [0, 0.1) is 0 Å². The lowest BCUT2D eigenvalue weighted by Gasteiger charge is -2.33. The first kappa shape index (κ1) is 15.7. The molecule has 23 heavy (non-hydrogen) atoms. The number of carbonyl (C=O) groups is 2. The van der Waals surface area contributed by atoms with Crippen LogP contribution in [0.2, 0.25) is 0 Å². The van der Waals surface area contributed by atoms with Gasteiger partial charge in [-0.05, 0) is 24.5 Å². The van der Waals surface area contributed by atoms with Crippen molar-refractivity contribution >= 4 is 11.9 Å². The number of likely N-dealkylation sites (tertiary alicyclic amines) is 1. The van der Waals surface area contributed by atoms with Crippen molar-refractivity contribution in [2.75, 3.05) is 26.7 Å². The molecule has 3 amide bonds. The predicted octanol–water partition coefficient (Wildman–Crippen LogP) is 0.613. The summed E-state index contributed by atoms with van der Waals surface area (Å²) in [5, 5.41) is 2.72. The molecule has 1 atom stereocenters. The van der Waals surface area contributed by atoms with E-state index in [-0.39, 0.29) is 18.0 Å². The number of hydrogen-bond donors (Lipinski definition) is 1. The van der Waals surface area contributed by atoms with E-state index in [0.717, 1.165) is 18.4 Å². The van der Waals surface area contributed by atoms with E-state index < -0.39 is 6.04 Å². The summed E-state index contributed by atoms with van der Waals surface area (Å²) >= 11 is 0. The van der Waals surface area contributed by atoms with Gasteiger partial charge in [-0.25, -0.2) is 4.79 Å². The zero-order valence-corrected chi connectivity index (χ0v) is 13.3. The van der Waals surface area contributed by atoms with E-state index in [2.05, 4.69) is 10.3 Å². The van der Waals surface area contributed by atoms with Crippen molar-refractivity contribution in [2.45, 2.75) is 31.6 Å². The molecule has 0 spiro atoms. The van der Waals surface area contributed by atoms with E-state index in [1.807, 2.05) is 17.0 Å². The van der Waals surface area contributed by atoms with Gasteiger partial charge in [0.25, 0.3) is 0 Å². The fourth-order valence-electron chi connectivity index (χ4n) is 2.96. The van der Waals surface area contributed by atoms with Crippen LogP contribution >= 0.6 is 0 Å². The Kier molecular flexibility index (Phi) is 4.76. The molecule has 2 aliphatic rings. The Bertz CT molecular complexity index is 558. The van der Waals surface area contributed by atoms with Crippen LogP contribution in [-0.2, 0) is 16.1 Å². The largest absolute Gasteiger partial charge is 0.373 e. The van der Waals surface area contributed by atoms with E-state index >= 15 is 0 Å². The Morgan fingerprint density at radius 1 is 1.43 bits per heavy atom. The van der Waals surface area contributed by atoms with Gasteiger partial charge in [-0.15, -0.1) is 0 Å². The summed E-state index contributed by atoms with van der Waals surface area (Å²) < 4.78 is 5.90. The highest BCUT2D eigenvalue weighted by molar-refractivity contribution is 5.90. The highest BCUT2D eigenvalue weighted by atomic mass is 16.5. The van der Waals surface area contributed by atoms with Crippen molar-refractivity contribution in [2.24, 2.45) is 0 Å². The third kappa shape index (κ3) is 3.79. The van der Waals surface area contributed by atoms with E-state index in [1.54, 1.807) is 19.4 Å². The molecule has 0 aromatic carbocycles. The van der Waals surface area contributed by atoms with Crippen LogP contribution in [0.5, 0.6) is 0 Å². The van der Waals surface area contributed by atoms with Gasteiger partial charge in [0.2, 0.25) is 5.91 Å². The van der Waals surface area contributed by atoms with Gasteiger partial charge in [0, 0.05) is 32.5 Å². The third-order valence-electron chi connectivity index (χ3n) is 4.36. The number of nitrogens with one attached hydrogen (secondary N) is 1. The summed E-state index contributed by atoms with van der Waals surface area (Å²) in [6.45, 7) is 2.34. The number of urea groups is 1. The molecule has 7 nitrogen and oxygen atoms in total. The average Bonchev–Trinajstić information content (AvgIpc) is 2.93. The molecule has 0 unspecified atom stereocenters. The maximum Gasteiger partial charge on any atom is 0.317 e. The van der Waals surface area contributed by atoms with Crippen LogP contribution in [0.4, 0.5) is 4.79 Å². The first-order chi connectivity index (χ1) is 11.1. The zero-order chi connectivity index (χ0) is 16.2. The minimum atomic E-state index is -0.416. The first-order valence-electron chi connectivity index (χ1n) is 7.94. The van der Waals surface area contributed by atoms with Gasteiger partial charge >= 0.3 is 6.03 Å². The molecule has 1 aromatic heterocycles. The third-order valence-corrected chi connectivity index (χ3v) is 4.36. The number of piperidine rings is 1. The fraction of sp³-hybridized carbons (Fsp3) is 0.562. The number of amides is 3. The van der Waals surface area contributed by atoms with Gasteiger partial charge in [-0.1, -0.05) is 6.07 Å². The van der Waals surface area contributed by atoms with Crippen LogP contribution in [-0.4, -0.2) is 65.5 Å². The maximum atomic E-state index is 12.4. The number of rotatable bonds is 4. The second-order valence-corrected chi connectivity index (χ2v) is 6.08. The molecule has 0 saturated carbocycles. The van der Waals surface area contributed by atoms with Crippen molar-refractivity contribution in [3.8, 4) is 0 Å². The minimum Gasteiger partial charge on any atom is -0.373 e. The van der Waals surface area contributed by atoms with Crippen LogP contribution in [0.25, 0.3) is 0 Å². The monoisotopic (exact) mass is 318 g/mol. The Hall–Kier alpha value is -2.15. The molecule has 2 fully saturated rings. The fourth-order valence-corrected chi connectivity index (χ4v) is 2.96. The number of nitrogens with zero attached hydrogens (tertiary/aromatic N) is 3.